The normalized spacial score (nSPS) is 15.2. The van der Waals surface area contributed by atoms with Crippen molar-refractivity contribution in [3.63, 3.8) is 0 Å². The topological polar surface area (TPSA) is 114 Å². The van der Waals surface area contributed by atoms with Crippen molar-refractivity contribution in [2.45, 2.75) is 29.4 Å². The summed E-state index contributed by atoms with van der Waals surface area (Å²) in [6, 6.07) is 0. The molecule has 19 heavy (non-hydrogen) atoms. The van der Waals surface area contributed by atoms with E-state index < -0.39 is 9.84 Å². The molecular weight excluding hydrogens is 288 g/mol. The first-order chi connectivity index (χ1) is 8.96. The molecule has 2 rings (SSSR count). The Morgan fingerprint density at radius 1 is 1.53 bits per heavy atom. The van der Waals surface area contributed by atoms with Crippen LogP contribution in [0, 0.1) is 0 Å². The number of aromatic nitrogens is 1. The Balaban J connectivity index is 2.12. The molecule has 1 saturated carbocycles. The van der Waals surface area contributed by atoms with Gasteiger partial charge in [0.15, 0.2) is 15.7 Å². The molecule has 0 unspecified atom stereocenters. The molecule has 0 saturated heterocycles. The van der Waals surface area contributed by atoms with Gasteiger partial charge in [0.2, 0.25) is 5.91 Å². The molecule has 106 valence electrons. The van der Waals surface area contributed by atoms with Crippen LogP contribution in [0.4, 0.5) is 10.8 Å². The zero-order chi connectivity index (χ0) is 14.0. The summed E-state index contributed by atoms with van der Waals surface area (Å²) < 4.78 is 28.3. The molecule has 0 aromatic carbocycles. The zero-order valence-electron chi connectivity index (χ0n) is 10.5. The number of hydrogen-bond acceptors (Lipinski definition) is 7. The summed E-state index contributed by atoms with van der Waals surface area (Å²) in [7, 11) is -1.83. The van der Waals surface area contributed by atoms with Crippen LogP contribution in [-0.4, -0.2) is 37.5 Å². The average Bonchev–Trinajstić information content (AvgIpc) is 3.15. The van der Waals surface area contributed by atoms with Gasteiger partial charge in [-0.05, 0) is 24.4 Å². The molecule has 0 bridgehead atoms. The number of nitrogen functional groups attached to an aromatic ring is 1. The van der Waals surface area contributed by atoms with Crippen LogP contribution >= 0.6 is 11.5 Å². The second kappa shape index (κ2) is 5.33. The van der Waals surface area contributed by atoms with E-state index >= 15 is 0 Å². The van der Waals surface area contributed by atoms with Crippen molar-refractivity contribution in [1.29, 1.82) is 0 Å². The van der Waals surface area contributed by atoms with Gasteiger partial charge in [-0.25, -0.2) is 8.42 Å². The van der Waals surface area contributed by atoms with E-state index in [9.17, 15) is 13.2 Å². The minimum absolute atomic E-state index is 0.0411. The van der Waals surface area contributed by atoms with Crippen molar-refractivity contribution in [2.75, 3.05) is 24.6 Å². The fourth-order valence-corrected chi connectivity index (χ4v) is 4.55. The van der Waals surface area contributed by atoms with E-state index in [1.165, 1.54) is 0 Å². The lowest BCUT2D eigenvalue weighted by atomic mass is 10.4. The van der Waals surface area contributed by atoms with E-state index in [1.54, 1.807) is 7.05 Å². The fourth-order valence-electron chi connectivity index (χ4n) is 1.64. The summed E-state index contributed by atoms with van der Waals surface area (Å²) in [6.45, 7) is 0.342. The minimum atomic E-state index is -3.38. The molecule has 0 spiro atoms. The molecule has 1 aromatic rings. The Bertz CT molecular complexity index is 578. The smallest absolute Gasteiger partial charge is 0.221 e. The standard InChI is InChI=1S/C10H16N4O3S2/c1-12-7(15)4-5-13-10-8(9(11)14-18-10)19(16,17)6-2-3-6/h6,13H,2-5H2,1H3,(H2,11,14)(H,12,15). The predicted octanol–water partition coefficient (Wildman–Crippen LogP) is 0.209. The summed E-state index contributed by atoms with van der Waals surface area (Å²) in [5.74, 6) is -0.0732. The van der Waals surface area contributed by atoms with Gasteiger partial charge in [-0.3, -0.25) is 4.79 Å². The molecule has 1 aliphatic carbocycles. The number of sulfone groups is 1. The first kappa shape index (κ1) is 14.1. The van der Waals surface area contributed by atoms with Crippen LogP contribution in [0.15, 0.2) is 4.90 Å². The highest BCUT2D eigenvalue weighted by atomic mass is 32.2. The average molecular weight is 304 g/mol. The molecule has 1 aromatic heterocycles. The van der Waals surface area contributed by atoms with Crippen molar-refractivity contribution in [1.82, 2.24) is 9.69 Å². The maximum absolute atomic E-state index is 12.2. The van der Waals surface area contributed by atoms with Gasteiger partial charge in [-0.2, -0.15) is 4.37 Å². The molecule has 7 nitrogen and oxygen atoms in total. The summed E-state index contributed by atoms with van der Waals surface area (Å²) in [6.07, 6.45) is 1.61. The van der Waals surface area contributed by atoms with Crippen LogP contribution in [0.25, 0.3) is 0 Å². The van der Waals surface area contributed by atoms with Gasteiger partial charge in [0.1, 0.15) is 9.90 Å². The summed E-state index contributed by atoms with van der Waals surface area (Å²) >= 11 is 1.01. The first-order valence-corrected chi connectivity index (χ1v) is 8.22. The van der Waals surface area contributed by atoms with Crippen LogP contribution in [0.3, 0.4) is 0 Å². The quantitative estimate of drug-likeness (QED) is 0.692. The SMILES string of the molecule is CNC(=O)CCNc1snc(N)c1S(=O)(=O)C1CC1. The number of rotatable bonds is 6. The van der Waals surface area contributed by atoms with E-state index in [0.29, 0.717) is 24.4 Å². The van der Waals surface area contributed by atoms with Gasteiger partial charge >= 0.3 is 0 Å². The number of amides is 1. The van der Waals surface area contributed by atoms with E-state index in [2.05, 4.69) is 15.0 Å². The fraction of sp³-hybridized carbons (Fsp3) is 0.600. The molecule has 0 atom stereocenters. The van der Waals surface area contributed by atoms with E-state index in [4.69, 9.17) is 5.73 Å². The first-order valence-electron chi connectivity index (χ1n) is 5.90. The molecular formula is C10H16N4O3S2. The van der Waals surface area contributed by atoms with Crippen molar-refractivity contribution in [2.24, 2.45) is 0 Å². The second-order valence-electron chi connectivity index (χ2n) is 4.32. The van der Waals surface area contributed by atoms with E-state index in [-0.39, 0.29) is 28.3 Å². The van der Waals surface area contributed by atoms with Crippen LogP contribution < -0.4 is 16.4 Å². The van der Waals surface area contributed by atoms with Crippen LogP contribution in [0.5, 0.6) is 0 Å². The molecule has 9 heteroatoms. The molecule has 1 heterocycles. The number of nitrogens with one attached hydrogen (secondary N) is 2. The van der Waals surface area contributed by atoms with Crippen LogP contribution in [0.1, 0.15) is 19.3 Å². The molecule has 0 aliphatic heterocycles. The Hall–Kier alpha value is -1.35. The van der Waals surface area contributed by atoms with Crippen LogP contribution in [-0.2, 0) is 14.6 Å². The highest BCUT2D eigenvalue weighted by Crippen LogP contribution is 2.40. The maximum atomic E-state index is 12.2. The van der Waals surface area contributed by atoms with Crippen LogP contribution in [0.2, 0.25) is 0 Å². The number of nitrogens with two attached hydrogens (primary N) is 1. The van der Waals surface area contributed by atoms with E-state index in [0.717, 1.165) is 11.5 Å². The largest absolute Gasteiger partial charge is 0.382 e. The van der Waals surface area contributed by atoms with Gasteiger partial charge in [-0.1, -0.05) is 0 Å². The van der Waals surface area contributed by atoms with Gasteiger partial charge in [0.25, 0.3) is 0 Å². The monoisotopic (exact) mass is 304 g/mol. The third-order valence-corrected chi connectivity index (χ3v) is 6.12. The maximum Gasteiger partial charge on any atom is 0.221 e. The number of carbonyl (C=O) groups excluding carboxylic acids is 1. The third-order valence-electron chi connectivity index (χ3n) is 2.84. The van der Waals surface area contributed by atoms with Crippen molar-refractivity contribution >= 4 is 38.1 Å². The lowest BCUT2D eigenvalue weighted by molar-refractivity contribution is -0.120. The Kier molecular flexibility index (Phi) is 3.95. The van der Waals surface area contributed by atoms with Crippen molar-refractivity contribution < 1.29 is 13.2 Å². The molecule has 1 amide bonds. The summed E-state index contributed by atoms with van der Waals surface area (Å²) in [5.41, 5.74) is 5.65. The number of anilines is 2. The Morgan fingerprint density at radius 3 is 2.79 bits per heavy atom. The summed E-state index contributed by atoms with van der Waals surface area (Å²) in [4.78, 5) is 11.2. The molecule has 0 radical (unpaired) electrons. The summed E-state index contributed by atoms with van der Waals surface area (Å²) in [5, 5.41) is 5.52. The van der Waals surface area contributed by atoms with Gasteiger partial charge in [-0.15, -0.1) is 0 Å². The Morgan fingerprint density at radius 2 is 2.21 bits per heavy atom. The lowest BCUT2D eigenvalue weighted by Gasteiger charge is -2.07. The predicted molar refractivity (Wildman–Crippen MR) is 73.9 cm³/mol. The van der Waals surface area contributed by atoms with Crippen molar-refractivity contribution in [3.05, 3.63) is 0 Å². The van der Waals surface area contributed by atoms with Crippen molar-refractivity contribution in [3.8, 4) is 0 Å². The van der Waals surface area contributed by atoms with Gasteiger partial charge in [0.05, 0.1) is 5.25 Å². The highest BCUT2D eigenvalue weighted by Gasteiger charge is 2.40. The second-order valence-corrected chi connectivity index (χ2v) is 7.26. The van der Waals surface area contributed by atoms with Gasteiger partial charge < -0.3 is 16.4 Å². The number of hydrogen-bond donors (Lipinski definition) is 3. The minimum Gasteiger partial charge on any atom is -0.382 e. The van der Waals surface area contributed by atoms with E-state index in [1.807, 2.05) is 0 Å². The molecule has 4 N–H and O–H groups in total. The number of carbonyl (C=O) groups is 1. The number of nitrogens with zero attached hydrogens (tertiary/aromatic N) is 1. The molecule has 1 fully saturated rings. The molecule has 1 aliphatic rings. The highest BCUT2D eigenvalue weighted by molar-refractivity contribution is 7.92. The van der Waals surface area contributed by atoms with Gasteiger partial charge in [0, 0.05) is 20.0 Å². The lowest BCUT2D eigenvalue weighted by Crippen LogP contribution is -2.21. The zero-order valence-corrected chi connectivity index (χ0v) is 12.1. The Labute approximate surface area is 115 Å². The third kappa shape index (κ3) is 2.98.